The van der Waals surface area contributed by atoms with Crippen molar-refractivity contribution in [1.82, 2.24) is 0 Å². The predicted octanol–water partition coefficient (Wildman–Crippen LogP) is 5.60. The summed E-state index contributed by atoms with van der Waals surface area (Å²) in [5, 5.41) is 12.7. The van der Waals surface area contributed by atoms with Gasteiger partial charge in [-0.3, -0.25) is 4.79 Å². The van der Waals surface area contributed by atoms with E-state index in [-0.39, 0.29) is 5.57 Å². The molecule has 0 aliphatic heterocycles. The molecular formula is C21H20ClIN2O3. The standard InChI is InChI=1S/C21H20ClIN2O3/c1-4-27-19-10-14(9-18(23)20(19)28-5-2)8-15(12-24)21(26)25-16-7-6-13(3)17(22)11-16/h6-11H,4-5H2,1-3H3,(H,25,26)/b15-8-. The smallest absolute Gasteiger partial charge is 0.266 e. The van der Waals surface area contributed by atoms with Gasteiger partial charge in [0.1, 0.15) is 11.6 Å². The van der Waals surface area contributed by atoms with Crippen LogP contribution in [0.1, 0.15) is 25.0 Å². The van der Waals surface area contributed by atoms with Crippen molar-refractivity contribution < 1.29 is 14.3 Å². The summed E-state index contributed by atoms with van der Waals surface area (Å²) in [4.78, 5) is 12.5. The lowest BCUT2D eigenvalue weighted by molar-refractivity contribution is -0.112. The van der Waals surface area contributed by atoms with E-state index >= 15 is 0 Å². The van der Waals surface area contributed by atoms with Gasteiger partial charge in [0.2, 0.25) is 0 Å². The molecule has 0 aromatic heterocycles. The summed E-state index contributed by atoms with van der Waals surface area (Å²) in [6, 6.07) is 10.7. The summed E-state index contributed by atoms with van der Waals surface area (Å²) < 4.78 is 12.1. The van der Waals surface area contributed by atoms with Gasteiger partial charge in [-0.2, -0.15) is 5.26 Å². The number of benzene rings is 2. The zero-order chi connectivity index (χ0) is 20.7. The van der Waals surface area contributed by atoms with Crippen molar-refractivity contribution in [2.24, 2.45) is 0 Å². The maximum Gasteiger partial charge on any atom is 0.266 e. The van der Waals surface area contributed by atoms with E-state index in [1.165, 1.54) is 6.08 Å². The van der Waals surface area contributed by atoms with Gasteiger partial charge >= 0.3 is 0 Å². The van der Waals surface area contributed by atoms with E-state index in [9.17, 15) is 10.1 Å². The molecule has 1 N–H and O–H groups in total. The number of nitrogens with zero attached hydrogens (tertiary/aromatic N) is 1. The van der Waals surface area contributed by atoms with Crippen LogP contribution in [0.5, 0.6) is 11.5 Å². The Hall–Kier alpha value is -2.24. The van der Waals surface area contributed by atoms with E-state index < -0.39 is 5.91 Å². The van der Waals surface area contributed by atoms with E-state index in [0.29, 0.717) is 41.0 Å². The summed E-state index contributed by atoms with van der Waals surface area (Å²) in [7, 11) is 0. The van der Waals surface area contributed by atoms with E-state index in [2.05, 4.69) is 27.9 Å². The Kier molecular flexibility index (Phi) is 8.15. The van der Waals surface area contributed by atoms with E-state index in [1.807, 2.05) is 32.9 Å². The number of nitriles is 1. The third-order valence-electron chi connectivity index (χ3n) is 3.73. The number of carbonyl (C=O) groups excluding carboxylic acids is 1. The molecule has 0 saturated heterocycles. The Morgan fingerprint density at radius 1 is 1.25 bits per heavy atom. The van der Waals surface area contributed by atoms with Crippen LogP contribution in [0.15, 0.2) is 35.9 Å². The average Bonchev–Trinajstić information content (AvgIpc) is 2.65. The van der Waals surface area contributed by atoms with Crippen LogP contribution >= 0.6 is 34.2 Å². The fraction of sp³-hybridized carbons (Fsp3) is 0.238. The predicted molar refractivity (Wildman–Crippen MR) is 120 cm³/mol. The molecule has 0 bridgehead atoms. The Balaban J connectivity index is 2.33. The second-order valence-electron chi connectivity index (χ2n) is 5.78. The number of ether oxygens (including phenoxy) is 2. The van der Waals surface area contributed by atoms with Crippen molar-refractivity contribution in [3.05, 3.63) is 55.6 Å². The van der Waals surface area contributed by atoms with E-state index in [0.717, 1.165) is 9.13 Å². The number of halogens is 2. The fourth-order valence-corrected chi connectivity index (χ4v) is 3.36. The highest BCUT2D eigenvalue weighted by Crippen LogP contribution is 2.35. The zero-order valence-corrected chi connectivity index (χ0v) is 18.7. The number of nitrogens with one attached hydrogen (secondary N) is 1. The SMILES string of the molecule is CCOc1cc(/C=C(/C#N)C(=O)Nc2ccc(C)c(Cl)c2)cc(I)c1OCC. The molecule has 0 aliphatic rings. The number of carbonyl (C=O) groups is 1. The van der Waals surface area contributed by atoms with Gasteiger partial charge in [0.05, 0.1) is 16.8 Å². The number of rotatable bonds is 7. The second kappa shape index (κ2) is 10.3. The van der Waals surface area contributed by atoms with Crippen LogP contribution < -0.4 is 14.8 Å². The van der Waals surface area contributed by atoms with Crippen LogP contribution in [0, 0.1) is 21.8 Å². The van der Waals surface area contributed by atoms with Crippen molar-refractivity contribution in [1.29, 1.82) is 5.26 Å². The van der Waals surface area contributed by atoms with Crippen molar-refractivity contribution in [2.75, 3.05) is 18.5 Å². The minimum Gasteiger partial charge on any atom is -0.490 e. The molecule has 2 rings (SSSR count). The van der Waals surface area contributed by atoms with Gasteiger partial charge in [-0.05, 0) is 84.8 Å². The summed E-state index contributed by atoms with van der Waals surface area (Å²) in [6.45, 7) is 6.64. The fourth-order valence-electron chi connectivity index (χ4n) is 2.40. The molecule has 0 fully saturated rings. The van der Waals surface area contributed by atoms with Crippen LogP contribution in [-0.4, -0.2) is 19.1 Å². The Labute approximate surface area is 183 Å². The zero-order valence-electron chi connectivity index (χ0n) is 15.8. The lowest BCUT2D eigenvalue weighted by atomic mass is 10.1. The van der Waals surface area contributed by atoms with Gasteiger partial charge in [0, 0.05) is 10.7 Å². The average molecular weight is 511 g/mol. The molecule has 0 unspecified atom stereocenters. The summed E-state index contributed by atoms with van der Waals surface area (Å²) >= 11 is 8.23. The first-order chi connectivity index (χ1) is 13.4. The quantitative estimate of drug-likeness (QED) is 0.299. The molecule has 146 valence electrons. The Bertz CT molecular complexity index is 951. The topological polar surface area (TPSA) is 71.3 Å². The van der Waals surface area contributed by atoms with Crippen molar-refractivity contribution in [3.63, 3.8) is 0 Å². The van der Waals surface area contributed by atoms with Crippen molar-refractivity contribution in [2.45, 2.75) is 20.8 Å². The highest BCUT2D eigenvalue weighted by atomic mass is 127. The highest BCUT2D eigenvalue weighted by molar-refractivity contribution is 14.1. The first kappa shape index (κ1) is 22.1. The third kappa shape index (κ3) is 5.63. The van der Waals surface area contributed by atoms with Crippen LogP contribution in [-0.2, 0) is 4.79 Å². The molecule has 0 aliphatic carbocycles. The maximum absolute atomic E-state index is 12.5. The number of amides is 1. The third-order valence-corrected chi connectivity index (χ3v) is 4.93. The van der Waals surface area contributed by atoms with Gasteiger partial charge in [-0.15, -0.1) is 0 Å². The van der Waals surface area contributed by atoms with Gasteiger partial charge in [0.15, 0.2) is 11.5 Å². The van der Waals surface area contributed by atoms with Crippen molar-refractivity contribution >= 4 is 51.9 Å². The Morgan fingerprint density at radius 3 is 2.57 bits per heavy atom. The molecule has 28 heavy (non-hydrogen) atoms. The molecule has 7 heteroatoms. The largest absolute Gasteiger partial charge is 0.490 e. The van der Waals surface area contributed by atoms with Gasteiger partial charge in [-0.1, -0.05) is 17.7 Å². The minimum absolute atomic E-state index is 0.0286. The minimum atomic E-state index is -0.510. The molecule has 5 nitrogen and oxygen atoms in total. The van der Waals surface area contributed by atoms with E-state index in [1.54, 1.807) is 24.3 Å². The number of hydrogen-bond acceptors (Lipinski definition) is 4. The van der Waals surface area contributed by atoms with Gasteiger partial charge in [-0.25, -0.2) is 0 Å². The van der Waals surface area contributed by atoms with Crippen LogP contribution in [0.3, 0.4) is 0 Å². The molecule has 2 aromatic rings. The molecule has 1 amide bonds. The summed E-state index contributed by atoms with van der Waals surface area (Å²) in [5.74, 6) is 0.717. The van der Waals surface area contributed by atoms with Crippen LogP contribution in [0.25, 0.3) is 6.08 Å². The lowest BCUT2D eigenvalue weighted by Crippen LogP contribution is -2.13. The first-order valence-electron chi connectivity index (χ1n) is 8.68. The van der Waals surface area contributed by atoms with Crippen LogP contribution in [0.4, 0.5) is 5.69 Å². The van der Waals surface area contributed by atoms with Crippen LogP contribution in [0.2, 0.25) is 5.02 Å². The van der Waals surface area contributed by atoms with Gasteiger partial charge < -0.3 is 14.8 Å². The number of aryl methyl sites for hydroxylation is 1. The highest BCUT2D eigenvalue weighted by Gasteiger charge is 2.14. The Morgan fingerprint density at radius 2 is 1.96 bits per heavy atom. The molecule has 0 saturated carbocycles. The number of anilines is 1. The molecule has 0 radical (unpaired) electrons. The molecule has 0 heterocycles. The first-order valence-corrected chi connectivity index (χ1v) is 10.1. The lowest BCUT2D eigenvalue weighted by Gasteiger charge is -2.13. The summed E-state index contributed by atoms with van der Waals surface area (Å²) in [5.41, 5.74) is 2.07. The summed E-state index contributed by atoms with van der Waals surface area (Å²) in [6.07, 6.45) is 1.52. The van der Waals surface area contributed by atoms with Gasteiger partial charge in [0.25, 0.3) is 5.91 Å². The maximum atomic E-state index is 12.5. The second-order valence-corrected chi connectivity index (χ2v) is 7.35. The molecular weight excluding hydrogens is 491 g/mol. The molecule has 0 atom stereocenters. The molecule has 0 spiro atoms. The monoisotopic (exact) mass is 510 g/mol. The number of hydrogen-bond donors (Lipinski definition) is 1. The normalized spacial score (nSPS) is 10.9. The molecule has 2 aromatic carbocycles. The van der Waals surface area contributed by atoms with E-state index in [4.69, 9.17) is 21.1 Å². The van der Waals surface area contributed by atoms with Crippen molar-refractivity contribution in [3.8, 4) is 17.6 Å².